The van der Waals surface area contributed by atoms with E-state index in [4.69, 9.17) is 28.2 Å². The Morgan fingerprint density at radius 2 is 1.66 bits per heavy atom. The van der Waals surface area contributed by atoms with Crippen molar-refractivity contribution in [1.82, 2.24) is 9.97 Å². The van der Waals surface area contributed by atoms with E-state index in [2.05, 4.69) is 21.1 Å². The van der Waals surface area contributed by atoms with E-state index < -0.39 is 10.0 Å². The highest BCUT2D eigenvalue weighted by molar-refractivity contribution is 7.92. The number of para-hydroxylation sites is 3. The monoisotopic (exact) mass is 484 g/mol. The lowest BCUT2D eigenvalue weighted by atomic mass is 9.96. The molecule has 32 heavy (non-hydrogen) atoms. The fourth-order valence-corrected chi connectivity index (χ4v) is 5.62. The van der Waals surface area contributed by atoms with Crippen molar-refractivity contribution in [2.75, 3.05) is 10.0 Å². The first-order valence-electron chi connectivity index (χ1n) is 10.00. The van der Waals surface area contributed by atoms with Crippen molar-refractivity contribution in [2.45, 2.75) is 23.8 Å². The van der Waals surface area contributed by atoms with Gasteiger partial charge in [-0.1, -0.05) is 53.5 Å². The summed E-state index contributed by atoms with van der Waals surface area (Å²) in [6.45, 7) is 0. The maximum Gasteiger partial charge on any atom is 0.264 e. The quantitative estimate of drug-likeness (QED) is 0.380. The third kappa shape index (κ3) is 3.99. The van der Waals surface area contributed by atoms with Crippen LogP contribution in [0.25, 0.3) is 11.0 Å². The lowest BCUT2D eigenvalue weighted by Crippen LogP contribution is -2.23. The first-order valence-corrected chi connectivity index (χ1v) is 12.2. The summed E-state index contributed by atoms with van der Waals surface area (Å²) in [4.78, 5) is 9.26. The topological polar surface area (TPSA) is 84.0 Å². The molecule has 9 heteroatoms. The number of nitrogens with zero attached hydrogens (tertiary/aromatic N) is 2. The van der Waals surface area contributed by atoms with Crippen LogP contribution in [0.5, 0.6) is 0 Å². The van der Waals surface area contributed by atoms with Gasteiger partial charge in [-0.3, -0.25) is 4.72 Å². The molecule has 0 saturated carbocycles. The second kappa shape index (κ2) is 8.24. The van der Waals surface area contributed by atoms with Crippen LogP contribution in [0.2, 0.25) is 10.0 Å². The number of hydrogen-bond donors (Lipinski definition) is 2. The number of anilines is 2. The smallest absolute Gasteiger partial charge is 0.264 e. The summed E-state index contributed by atoms with van der Waals surface area (Å²) >= 11 is 12.2. The summed E-state index contributed by atoms with van der Waals surface area (Å²) in [5.74, 6) is 0.164. The third-order valence-corrected chi connectivity index (χ3v) is 7.45. The van der Waals surface area contributed by atoms with Crippen LogP contribution in [-0.2, 0) is 16.4 Å². The van der Waals surface area contributed by atoms with Crippen molar-refractivity contribution >= 4 is 55.8 Å². The van der Waals surface area contributed by atoms with Gasteiger partial charge in [0.25, 0.3) is 10.0 Å². The van der Waals surface area contributed by atoms with E-state index in [0.717, 1.165) is 18.5 Å². The molecular weight excluding hydrogens is 467 g/mol. The predicted molar refractivity (Wildman–Crippen MR) is 128 cm³/mol. The fourth-order valence-electron chi connectivity index (χ4n) is 3.84. The third-order valence-electron chi connectivity index (χ3n) is 5.39. The summed E-state index contributed by atoms with van der Waals surface area (Å²) in [6.07, 6.45) is 1.59. The average molecular weight is 485 g/mol. The van der Waals surface area contributed by atoms with E-state index >= 15 is 0 Å². The summed E-state index contributed by atoms with van der Waals surface area (Å²) in [7, 11) is -4.05. The zero-order chi connectivity index (χ0) is 22.3. The Kier molecular flexibility index (Phi) is 5.41. The molecule has 162 valence electrons. The Hall–Kier alpha value is -2.87. The number of fused-ring (bicyclic) bond motifs is 2. The highest BCUT2D eigenvalue weighted by Crippen LogP contribution is 2.36. The van der Waals surface area contributed by atoms with Crippen molar-refractivity contribution in [3.8, 4) is 0 Å². The molecule has 0 bridgehead atoms. The van der Waals surface area contributed by atoms with Crippen LogP contribution >= 0.6 is 23.2 Å². The molecule has 0 saturated heterocycles. The molecule has 3 aromatic carbocycles. The minimum atomic E-state index is -4.05. The first-order chi connectivity index (χ1) is 15.4. The Morgan fingerprint density at radius 1 is 0.938 bits per heavy atom. The molecule has 0 aliphatic carbocycles. The van der Waals surface area contributed by atoms with Crippen LogP contribution in [0.15, 0.2) is 71.6 Å². The lowest BCUT2D eigenvalue weighted by Gasteiger charge is -2.28. The highest BCUT2D eigenvalue weighted by Gasteiger charge is 2.27. The second-order valence-corrected chi connectivity index (χ2v) is 10.0. The number of sulfonamides is 1. The van der Waals surface area contributed by atoms with E-state index in [1.807, 2.05) is 36.4 Å². The molecule has 1 aromatic heterocycles. The fraction of sp³-hybridized carbons (Fsp3) is 0.130. The summed E-state index contributed by atoms with van der Waals surface area (Å²) < 4.78 is 29.0. The van der Waals surface area contributed by atoms with E-state index in [0.29, 0.717) is 16.7 Å². The van der Waals surface area contributed by atoms with Crippen molar-refractivity contribution < 1.29 is 8.42 Å². The van der Waals surface area contributed by atoms with Gasteiger partial charge in [0, 0.05) is 10.7 Å². The Labute approximate surface area is 195 Å². The van der Waals surface area contributed by atoms with Crippen LogP contribution in [0, 0.1) is 0 Å². The molecule has 0 fully saturated rings. The Morgan fingerprint density at radius 3 is 2.47 bits per heavy atom. The summed E-state index contributed by atoms with van der Waals surface area (Å²) in [6, 6.07) is 19.5. The average Bonchev–Trinajstić information content (AvgIpc) is 2.79. The molecular formula is C23H18Cl2N4O2S. The Balaban J connectivity index is 1.60. The van der Waals surface area contributed by atoms with Crippen molar-refractivity contribution in [3.63, 3.8) is 0 Å². The van der Waals surface area contributed by atoms with Gasteiger partial charge in [0.1, 0.15) is 10.6 Å². The van der Waals surface area contributed by atoms with Crippen molar-refractivity contribution in [2.24, 2.45) is 0 Å². The van der Waals surface area contributed by atoms with Crippen molar-refractivity contribution in [3.05, 3.63) is 88.0 Å². The van der Waals surface area contributed by atoms with Crippen LogP contribution in [-0.4, -0.2) is 18.4 Å². The number of rotatable bonds is 4. The molecule has 2 N–H and O–H groups in total. The minimum Gasteiger partial charge on any atom is -0.376 e. The molecule has 4 aromatic rings. The van der Waals surface area contributed by atoms with Gasteiger partial charge in [-0.15, -0.1) is 0 Å². The van der Waals surface area contributed by atoms with E-state index in [1.165, 1.54) is 23.8 Å². The van der Waals surface area contributed by atoms with Crippen molar-refractivity contribution in [1.29, 1.82) is 0 Å². The van der Waals surface area contributed by atoms with Crippen LogP contribution in [0.3, 0.4) is 0 Å². The van der Waals surface area contributed by atoms with E-state index in [-0.39, 0.29) is 26.8 Å². The number of halogens is 2. The predicted octanol–water partition coefficient (Wildman–Crippen LogP) is 5.84. The van der Waals surface area contributed by atoms with Gasteiger partial charge in [-0.25, -0.2) is 18.4 Å². The number of aryl methyl sites for hydroxylation is 1. The minimum absolute atomic E-state index is 0.0712. The van der Waals surface area contributed by atoms with Gasteiger partial charge in [-0.05, 0) is 54.8 Å². The molecule has 1 unspecified atom stereocenters. The molecule has 1 atom stereocenters. The normalized spacial score (nSPS) is 15.8. The zero-order valence-corrected chi connectivity index (χ0v) is 19.0. The van der Waals surface area contributed by atoms with Gasteiger partial charge >= 0.3 is 0 Å². The molecule has 0 radical (unpaired) electrons. The molecule has 0 amide bonds. The Bertz CT molecular complexity index is 1440. The molecule has 6 nitrogen and oxygen atoms in total. The zero-order valence-electron chi connectivity index (χ0n) is 16.7. The van der Waals surface area contributed by atoms with Crippen LogP contribution < -0.4 is 10.0 Å². The van der Waals surface area contributed by atoms with Crippen LogP contribution in [0.1, 0.15) is 23.7 Å². The first kappa shape index (κ1) is 21.0. The van der Waals surface area contributed by atoms with E-state index in [1.54, 1.807) is 6.07 Å². The standard InChI is InChI=1S/C23H18Cl2N4O2S/c24-15-10-11-16(25)21(13-15)32(30,31)29-23-22(27-18-7-3-4-8-19(18)28-23)20-12-9-14-5-1-2-6-17(14)26-20/h1-8,10-11,13,20,26H,9,12H2,(H,28,29). The van der Waals surface area contributed by atoms with Gasteiger partial charge < -0.3 is 5.32 Å². The lowest BCUT2D eigenvalue weighted by molar-refractivity contribution is 0.600. The van der Waals surface area contributed by atoms with Gasteiger partial charge in [0.15, 0.2) is 5.82 Å². The van der Waals surface area contributed by atoms with Gasteiger partial charge in [-0.2, -0.15) is 0 Å². The SMILES string of the molecule is O=S(=O)(Nc1nc2ccccc2nc1C1CCc2ccccc2N1)c1cc(Cl)ccc1Cl. The molecule has 0 spiro atoms. The van der Waals surface area contributed by atoms with E-state index in [9.17, 15) is 8.42 Å². The number of aromatic nitrogens is 2. The van der Waals surface area contributed by atoms with Gasteiger partial charge in [0.2, 0.25) is 0 Å². The summed E-state index contributed by atoms with van der Waals surface area (Å²) in [5.41, 5.74) is 4.02. The molecule has 2 heterocycles. The largest absolute Gasteiger partial charge is 0.376 e. The number of benzene rings is 3. The maximum absolute atomic E-state index is 13.2. The second-order valence-electron chi connectivity index (χ2n) is 7.52. The molecule has 1 aliphatic heterocycles. The molecule has 5 rings (SSSR count). The summed E-state index contributed by atoms with van der Waals surface area (Å²) in [5, 5.41) is 3.82. The molecule has 1 aliphatic rings. The van der Waals surface area contributed by atoms with Crippen LogP contribution in [0.4, 0.5) is 11.5 Å². The van der Waals surface area contributed by atoms with Gasteiger partial charge in [0.05, 0.1) is 22.1 Å². The highest BCUT2D eigenvalue weighted by atomic mass is 35.5. The number of hydrogen-bond acceptors (Lipinski definition) is 5. The maximum atomic E-state index is 13.2. The number of nitrogens with one attached hydrogen (secondary N) is 2.